The molecule has 3 aliphatic heterocycles. The standard InChI is InChI=1S/C33H45ClN4O5/c1-20-16-25-23(17-24(20)34)26-27(33(42-25)11-14-37(15-12-33)29(39)41-19-21-8-9-21)36(7)28(35-26)22-10-13-38(32(5,6)18-22)30(40)43-31(2,3)4/h16-17,21-22H,8-15,18-19H2,1-7H3. The lowest BCUT2D eigenvalue weighted by Crippen LogP contribution is -2.54. The Balaban J connectivity index is 1.30. The molecule has 0 N–H and O–H groups in total. The molecular formula is C33H45ClN4O5. The number of amides is 2. The maximum atomic E-state index is 13.1. The Kier molecular flexibility index (Phi) is 7.42. The van der Waals surface area contributed by atoms with Crippen molar-refractivity contribution in [1.29, 1.82) is 0 Å². The molecule has 1 atom stereocenters. The number of fused-ring (bicyclic) bond motifs is 4. The molecule has 1 unspecified atom stereocenters. The summed E-state index contributed by atoms with van der Waals surface area (Å²) in [5.74, 6) is 2.44. The zero-order valence-electron chi connectivity index (χ0n) is 26.6. The summed E-state index contributed by atoms with van der Waals surface area (Å²) in [6, 6.07) is 3.98. The number of imidazole rings is 1. The predicted octanol–water partition coefficient (Wildman–Crippen LogP) is 7.17. The van der Waals surface area contributed by atoms with Gasteiger partial charge in [0, 0.05) is 61.6 Å². The molecule has 4 heterocycles. The van der Waals surface area contributed by atoms with Crippen molar-refractivity contribution in [3.05, 3.63) is 34.2 Å². The van der Waals surface area contributed by atoms with Gasteiger partial charge in [0.2, 0.25) is 0 Å². The second-order valence-electron chi connectivity index (χ2n) is 14.6. The number of carbonyl (C=O) groups excluding carboxylic acids is 2. The number of rotatable bonds is 3. The largest absolute Gasteiger partial charge is 0.480 e. The van der Waals surface area contributed by atoms with Crippen LogP contribution >= 0.6 is 11.6 Å². The molecule has 1 aromatic carbocycles. The van der Waals surface area contributed by atoms with Crippen molar-refractivity contribution in [2.45, 2.75) is 103 Å². The van der Waals surface area contributed by atoms with E-state index in [-0.39, 0.29) is 18.1 Å². The highest BCUT2D eigenvalue weighted by Crippen LogP contribution is 2.52. The van der Waals surface area contributed by atoms with Crippen molar-refractivity contribution in [2.75, 3.05) is 26.2 Å². The smallest absolute Gasteiger partial charge is 0.410 e. The van der Waals surface area contributed by atoms with E-state index in [0.29, 0.717) is 50.0 Å². The number of piperidine rings is 2. The fraction of sp³-hybridized carbons (Fsp3) is 0.667. The molecule has 2 amide bonds. The van der Waals surface area contributed by atoms with Crippen LogP contribution in [0.3, 0.4) is 0 Å². The summed E-state index contributed by atoms with van der Waals surface area (Å²) in [6.07, 6.45) is 4.61. The van der Waals surface area contributed by atoms with Gasteiger partial charge in [-0.3, -0.25) is 0 Å². The van der Waals surface area contributed by atoms with Crippen molar-refractivity contribution in [2.24, 2.45) is 13.0 Å². The fourth-order valence-electron chi connectivity index (χ4n) is 7.01. The molecule has 0 radical (unpaired) electrons. The van der Waals surface area contributed by atoms with Gasteiger partial charge in [0.05, 0.1) is 18.0 Å². The first kappa shape index (κ1) is 30.1. The normalized spacial score (nSPS) is 22.5. The van der Waals surface area contributed by atoms with Gasteiger partial charge in [-0.05, 0) is 90.8 Å². The van der Waals surface area contributed by atoms with Crippen LogP contribution in [0.25, 0.3) is 11.3 Å². The van der Waals surface area contributed by atoms with E-state index < -0.39 is 16.7 Å². The summed E-state index contributed by atoms with van der Waals surface area (Å²) in [7, 11) is 2.08. The van der Waals surface area contributed by atoms with Gasteiger partial charge in [-0.1, -0.05) is 11.6 Å². The minimum atomic E-state index is -0.622. The van der Waals surface area contributed by atoms with Crippen molar-refractivity contribution in [3.8, 4) is 17.0 Å². The third-order valence-electron chi connectivity index (χ3n) is 9.51. The average molecular weight is 613 g/mol. The van der Waals surface area contributed by atoms with E-state index in [2.05, 4.69) is 25.5 Å². The lowest BCUT2D eigenvalue weighted by atomic mass is 9.82. The van der Waals surface area contributed by atoms with Gasteiger partial charge in [0.25, 0.3) is 0 Å². The first-order valence-corrected chi connectivity index (χ1v) is 16.0. The van der Waals surface area contributed by atoms with E-state index in [1.807, 2.05) is 49.6 Å². The Hall–Kier alpha value is -2.94. The minimum absolute atomic E-state index is 0.142. The van der Waals surface area contributed by atoms with Crippen LogP contribution in [-0.4, -0.2) is 68.9 Å². The van der Waals surface area contributed by atoms with Crippen molar-refractivity contribution < 1.29 is 23.8 Å². The Bertz CT molecular complexity index is 1430. The van der Waals surface area contributed by atoms with E-state index in [9.17, 15) is 9.59 Å². The monoisotopic (exact) mass is 612 g/mol. The molecule has 2 aromatic rings. The van der Waals surface area contributed by atoms with Gasteiger partial charge in [-0.15, -0.1) is 0 Å². The van der Waals surface area contributed by atoms with E-state index in [4.69, 9.17) is 30.8 Å². The summed E-state index contributed by atoms with van der Waals surface area (Å²) >= 11 is 6.63. The quantitative estimate of drug-likeness (QED) is 0.365. The molecule has 4 aliphatic rings. The fourth-order valence-corrected chi connectivity index (χ4v) is 7.17. The van der Waals surface area contributed by atoms with Gasteiger partial charge in [-0.25, -0.2) is 14.6 Å². The number of carbonyl (C=O) groups is 2. The number of hydrogen-bond acceptors (Lipinski definition) is 6. The highest BCUT2D eigenvalue weighted by molar-refractivity contribution is 6.31. The Morgan fingerprint density at radius 1 is 1.09 bits per heavy atom. The summed E-state index contributed by atoms with van der Waals surface area (Å²) in [4.78, 5) is 34.9. The van der Waals surface area contributed by atoms with Gasteiger partial charge in [0.1, 0.15) is 17.2 Å². The van der Waals surface area contributed by atoms with E-state index in [1.54, 1.807) is 0 Å². The lowest BCUT2D eigenvalue weighted by Gasteiger charge is -2.45. The third kappa shape index (κ3) is 5.69. The van der Waals surface area contributed by atoms with Crippen molar-refractivity contribution in [3.63, 3.8) is 0 Å². The highest BCUT2D eigenvalue weighted by atomic mass is 35.5. The molecule has 2 saturated heterocycles. The summed E-state index contributed by atoms with van der Waals surface area (Å²) in [5, 5.41) is 0.677. The highest BCUT2D eigenvalue weighted by Gasteiger charge is 2.49. The number of likely N-dealkylation sites (tertiary alicyclic amines) is 2. The molecule has 1 aromatic heterocycles. The molecule has 6 rings (SSSR count). The molecule has 43 heavy (non-hydrogen) atoms. The van der Waals surface area contributed by atoms with Crippen LogP contribution < -0.4 is 4.74 Å². The zero-order chi connectivity index (χ0) is 30.9. The second-order valence-corrected chi connectivity index (χ2v) is 15.0. The van der Waals surface area contributed by atoms with Crippen LogP contribution in [0, 0.1) is 12.8 Å². The number of aromatic nitrogens is 2. The Morgan fingerprint density at radius 3 is 2.42 bits per heavy atom. The molecule has 234 valence electrons. The van der Waals surface area contributed by atoms with E-state index in [1.165, 1.54) is 0 Å². The number of hydrogen-bond donors (Lipinski definition) is 0. The number of benzene rings is 1. The molecular weight excluding hydrogens is 568 g/mol. The van der Waals surface area contributed by atoms with Crippen LogP contribution in [0.4, 0.5) is 9.59 Å². The number of halogens is 1. The first-order chi connectivity index (χ1) is 20.2. The van der Waals surface area contributed by atoms with Crippen LogP contribution in [0.1, 0.15) is 96.1 Å². The molecule has 1 aliphatic carbocycles. The summed E-state index contributed by atoms with van der Waals surface area (Å²) in [6.45, 7) is 14.1. The number of ether oxygens (including phenoxy) is 3. The molecule has 9 nitrogen and oxygen atoms in total. The van der Waals surface area contributed by atoms with Crippen molar-refractivity contribution in [1.82, 2.24) is 19.4 Å². The second kappa shape index (κ2) is 10.6. The maximum absolute atomic E-state index is 13.1. The van der Waals surface area contributed by atoms with Gasteiger partial charge >= 0.3 is 12.2 Å². The van der Waals surface area contributed by atoms with Crippen LogP contribution in [-0.2, 0) is 22.1 Å². The number of aryl methyl sites for hydroxylation is 1. The van der Waals surface area contributed by atoms with Gasteiger partial charge < -0.3 is 28.6 Å². The van der Waals surface area contributed by atoms with Crippen molar-refractivity contribution >= 4 is 23.8 Å². The topological polar surface area (TPSA) is 86.1 Å². The predicted molar refractivity (Wildman–Crippen MR) is 165 cm³/mol. The summed E-state index contributed by atoms with van der Waals surface area (Å²) in [5.41, 5.74) is 2.21. The molecule has 3 fully saturated rings. The molecule has 0 bridgehead atoms. The first-order valence-electron chi connectivity index (χ1n) is 15.7. The van der Waals surface area contributed by atoms with Crippen LogP contribution in [0.5, 0.6) is 5.75 Å². The zero-order valence-corrected chi connectivity index (χ0v) is 27.3. The Labute approximate surface area is 259 Å². The van der Waals surface area contributed by atoms with Crippen LogP contribution in [0.15, 0.2) is 12.1 Å². The SMILES string of the molecule is Cc1cc2c(cc1Cl)-c1nc(C3CCN(C(=O)OC(C)(C)C)C(C)(C)C3)n(C)c1C1(CCN(C(=O)OCC3CC3)CC1)O2. The third-order valence-corrected chi connectivity index (χ3v) is 9.92. The molecule has 10 heteroatoms. The minimum Gasteiger partial charge on any atom is -0.480 e. The van der Waals surface area contributed by atoms with Gasteiger partial charge in [-0.2, -0.15) is 0 Å². The number of nitrogens with zero attached hydrogens (tertiary/aromatic N) is 4. The summed E-state index contributed by atoms with van der Waals surface area (Å²) < 4.78 is 20.5. The maximum Gasteiger partial charge on any atom is 0.410 e. The lowest BCUT2D eigenvalue weighted by molar-refractivity contribution is -0.0119. The Morgan fingerprint density at radius 2 is 1.79 bits per heavy atom. The van der Waals surface area contributed by atoms with Crippen LogP contribution in [0.2, 0.25) is 5.02 Å². The molecule has 1 spiro atoms. The van der Waals surface area contributed by atoms with E-state index >= 15 is 0 Å². The average Bonchev–Trinajstić information content (AvgIpc) is 3.68. The van der Waals surface area contributed by atoms with E-state index in [0.717, 1.165) is 59.8 Å². The van der Waals surface area contributed by atoms with Gasteiger partial charge in [0.15, 0.2) is 5.60 Å². The molecule has 1 saturated carbocycles.